The fourth-order valence-electron chi connectivity index (χ4n) is 1.19. The standard InChI is InChI=1S/C11H22/c1-4-6-7-8-9-10-11(3)5-2/h5,11H,2,4,6-10H2,1,3H3. The van der Waals surface area contributed by atoms with Gasteiger partial charge >= 0.3 is 0 Å². The molecular formula is C11H22. The summed E-state index contributed by atoms with van der Waals surface area (Å²) in [6.45, 7) is 8.27. The molecule has 0 heteroatoms. The van der Waals surface area contributed by atoms with E-state index in [-0.39, 0.29) is 0 Å². The van der Waals surface area contributed by atoms with E-state index in [9.17, 15) is 0 Å². The Morgan fingerprint density at radius 3 is 2.36 bits per heavy atom. The predicted octanol–water partition coefficient (Wildman–Crippen LogP) is 4.17. The summed E-state index contributed by atoms with van der Waals surface area (Å²) in [6.07, 6.45) is 10.3. The van der Waals surface area contributed by atoms with E-state index in [1.165, 1.54) is 38.5 Å². The summed E-state index contributed by atoms with van der Waals surface area (Å²) in [7, 11) is 0. The van der Waals surface area contributed by atoms with Gasteiger partial charge in [0.15, 0.2) is 0 Å². The van der Waals surface area contributed by atoms with Gasteiger partial charge in [-0.25, -0.2) is 0 Å². The van der Waals surface area contributed by atoms with Crippen molar-refractivity contribution in [3.05, 3.63) is 12.7 Å². The summed E-state index contributed by atoms with van der Waals surface area (Å²) in [5.74, 6) is 0.719. The van der Waals surface area contributed by atoms with Crippen molar-refractivity contribution in [2.45, 2.75) is 52.4 Å². The molecule has 0 aromatic heterocycles. The van der Waals surface area contributed by atoms with Crippen LogP contribution >= 0.6 is 0 Å². The molecule has 11 heavy (non-hydrogen) atoms. The first-order valence-corrected chi connectivity index (χ1v) is 4.93. The molecule has 0 amide bonds. The highest BCUT2D eigenvalue weighted by atomic mass is 14.0. The molecule has 0 saturated carbocycles. The van der Waals surface area contributed by atoms with E-state index >= 15 is 0 Å². The van der Waals surface area contributed by atoms with Crippen LogP contribution < -0.4 is 0 Å². The van der Waals surface area contributed by atoms with Gasteiger partial charge in [-0.3, -0.25) is 0 Å². The van der Waals surface area contributed by atoms with Gasteiger partial charge in [0, 0.05) is 0 Å². The summed E-state index contributed by atoms with van der Waals surface area (Å²) in [5.41, 5.74) is 0. The number of allylic oxidation sites excluding steroid dienone is 1. The van der Waals surface area contributed by atoms with Crippen LogP contribution in [0.1, 0.15) is 52.4 Å². The average molecular weight is 154 g/mol. The van der Waals surface area contributed by atoms with Crippen LogP contribution in [0, 0.1) is 5.92 Å². The lowest BCUT2D eigenvalue weighted by atomic mass is 10.0. The van der Waals surface area contributed by atoms with Gasteiger partial charge in [0.2, 0.25) is 0 Å². The first-order valence-electron chi connectivity index (χ1n) is 4.93. The van der Waals surface area contributed by atoms with Crippen LogP contribution in [0.4, 0.5) is 0 Å². The number of unbranched alkanes of at least 4 members (excludes halogenated alkanes) is 4. The van der Waals surface area contributed by atoms with Crippen molar-refractivity contribution in [2.24, 2.45) is 5.92 Å². The van der Waals surface area contributed by atoms with Gasteiger partial charge in [0.1, 0.15) is 0 Å². The summed E-state index contributed by atoms with van der Waals surface area (Å²) in [6, 6.07) is 0. The summed E-state index contributed by atoms with van der Waals surface area (Å²) >= 11 is 0. The van der Waals surface area contributed by atoms with Crippen LogP contribution in [0.2, 0.25) is 0 Å². The molecule has 0 spiro atoms. The van der Waals surface area contributed by atoms with Crippen LogP contribution in [0.5, 0.6) is 0 Å². The third kappa shape index (κ3) is 7.64. The van der Waals surface area contributed by atoms with E-state index in [4.69, 9.17) is 0 Å². The van der Waals surface area contributed by atoms with Crippen molar-refractivity contribution in [3.63, 3.8) is 0 Å². The minimum absolute atomic E-state index is 0.719. The van der Waals surface area contributed by atoms with E-state index in [1.54, 1.807) is 0 Å². The Morgan fingerprint density at radius 2 is 1.82 bits per heavy atom. The lowest BCUT2D eigenvalue weighted by Crippen LogP contribution is -1.88. The maximum absolute atomic E-state index is 3.78. The van der Waals surface area contributed by atoms with E-state index in [0.29, 0.717) is 0 Å². The molecule has 0 aromatic rings. The third-order valence-electron chi connectivity index (χ3n) is 2.17. The van der Waals surface area contributed by atoms with E-state index in [0.717, 1.165) is 5.92 Å². The minimum atomic E-state index is 0.719. The Morgan fingerprint density at radius 1 is 1.18 bits per heavy atom. The zero-order chi connectivity index (χ0) is 8.53. The van der Waals surface area contributed by atoms with Crippen LogP contribution in [-0.2, 0) is 0 Å². The fraction of sp³-hybridized carbons (Fsp3) is 0.818. The minimum Gasteiger partial charge on any atom is -0.103 e. The highest BCUT2D eigenvalue weighted by Crippen LogP contribution is 2.11. The summed E-state index contributed by atoms with van der Waals surface area (Å²) in [4.78, 5) is 0. The van der Waals surface area contributed by atoms with E-state index < -0.39 is 0 Å². The quantitative estimate of drug-likeness (QED) is 0.381. The predicted molar refractivity (Wildman–Crippen MR) is 52.7 cm³/mol. The smallest absolute Gasteiger partial charge is 0.0265 e. The van der Waals surface area contributed by atoms with Gasteiger partial charge in [0.05, 0.1) is 0 Å². The molecule has 0 rings (SSSR count). The highest BCUT2D eigenvalue weighted by Gasteiger charge is 1.94. The number of hydrogen-bond donors (Lipinski definition) is 0. The average Bonchev–Trinajstić information content (AvgIpc) is 2.04. The largest absolute Gasteiger partial charge is 0.103 e. The molecular weight excluding hydrogens is 132 g/mol. The molecule has 0 aliphatic carbocycles. The molecule has 0 heterocycles. The first-order chi connectivity index (χ1) is 5.31. The van der Waals surface area contributed by atoms with Gasteiger partial charge in [-0.15, -0.1) is 6.58 Å². The Bertz CT molecular complexity index is 84.0. The van der Waals surface area contributed by atoms with E-state index in [1.807, 2.05) is 0 Å². The van der Waals surface area contributed by atoms with Crippen molar-refractivity contribution in [1.82, 2.24) is 0 Å². The number of rotatable bonds is 7. The SMILES string of the molecule is C=CC(C)CCCCCCC. The molecule has 0 radical (unpaired) electrons. The second kappa shape index (κ2) is 7.84. The Kier molecular flexibility index (Phi) is 7.66. The normalized spacial score (nSPS) is 12.9. The molecule has 0 bridgehead atoms. The highest BCUT2D eigenvalue weighted by molar-refractivity contribution is 4.74. The van der Waals surface area contributed by atoms with Crippen LogP contribution in [0.25, 0.3) is 0 Å². The Hall–Kier alpha value is -0.260. The van der Waals surface area contributed by atoms with Crippen molar-refractivity contribution >= 4 is 0 Å². The first kappa shape index (κ1) is 10.7. The lowest BCUT2D eigenvalue weighted by molar-refractivity contribution is 0.551. The lowest BCUT2D eigenvalue weighted by Gasteiger charge is -2.04. The van der Waals surface area contributed by atoms with Gasteiger partial charge in [-0.05, 0) is 12.3 Å². The zero-order valence-corrected chi connectivity index (χ0v) is 8.10. The van der Waals surface area contributed by atoms with Crippen LogP contribution in [0.3, 0.4) is 0 Å². The van der Waals surface area contributed by atoms with Crippen LogP contribution in [0.15, 0.2) is 12.7 Å². The van der Waals surface area contributed by atoms with Crippen molar-refractivity contribution < 1.29 is 0 Å². The van der Waals surface area contributed by atoms with Gasteiger partial charge in [-0.1, -0.05) is 52.0 Å². The second-order valence-corrected chi connectivity index (χ2v) is 3.42. The fourth-order valence-corrected chi connectivity index (χ4v) is 1.19. The van der Waals surface area contributed by atoms with Gasteiger partial charge in [-0.2, -0.15) is 0 Å². The maximum atomic E-state index is 3.78. The number of hydrogen-bond acceptors (Lipinski definition) is 0. The molecule has 0 N–H and O–H groups in total. The van der Waals surface area contributed by atoms with Gasteiger partial charge in [0.25, 0.3) is 0 Å². The van der Waals surface area contributed by atoms with E-state index in [2.05, 4.69) is 26.5 Å². The molecule has 0 saturated heterocycles. The summed E-state index contributed by atoms with van der Waals surface area (Å²) < 4.78 is 0. The van der Waals surface area contributed by atoms with Crippen molar-refractivity contribution in [1.29, 1.82) is 0 Å². The summed E-state index contributed by atoms with van der Waals surface area (Å²) in [5, 5.41) is 0. The van der Waals surface area contributed by atoms with Crippen LogP contribution in [-0.4, -0.2) is 0 Å². The maximum Gasteiger partial charge on any atom is -0.0265 e. The molecule has 1 atom stereocenters. The molecule has 0 aromatic carbocycles. The Labute approximate surface area is 71.7 Å². The molecule has 0 aliphatic rings. The topological polar surface area (TPSA) is 0 Å². The molecule has 66 valence electrons. The zero-order valence-electron chi connectivity index (χ0n) is 8.10. The second-order valence-electron chi connectivity index (χ2n) is 3.42. The Balaban J connectivity index is 2.95. The molecule has 1 unspecified atom stereocenters. The van der Waals surface area contributed by atoms with Crippen molar-refractivity contribution in [2.75, 3.05) is 0 Å². The molecule has 0 nitrogen and oxygen atoms in total. The monoisotopic (exact) mass is 154 g/mol. The molecule has 0 fully saturated rings. The van der Waals surface area contributed by atoms with Crippen molar-refractivity contribution in [3.8, 4) is 0 Å². The molecule has 0 aliphatic heterocycles. The van der Waals surface area contributed by atoms with Gasteiger partial charge < -0.3 is 0 Å². The third-order valence-corrected chi connectivity index (χ3v) is 2.17.